The molecule has 0 saturated heterocycles. The molecule has 0 aliphatic heterocycles. The van der Waals surface area contributed by atoms with E-state index in [-0.39, 0.29) is 12.5 Å². The molecule has 2 aromatic carbocycles. The van der Waals surface area contributed by atoms with Gasteiger partial charge in [0.25, 0.3) is 0 Å². The first-order valence-electron chi connectivity index (χ1n) is 8.12. The molecule has 0 bridgehead atoms. The minimum atomic E-state index is -0.183. The largest absolute Gasteiger partial charge is 0.251 e. The molecule has 0 saturated carbocycles. The van der Waals surface area contributed by atoms with Gasteiger partial charge in [0.05, 0.1) is 6.67 Å². The molecule has 0 aliphatic carbocycles. The smallest absolute Gasteiger partial charge is 0.123 e. The van der Waals surface area contributed by atoms with Gasteiger partial charge in [-0.1, -0.05) is 50.2 Å². The highest BCUT2D eigenvalue weighted by atomic mass is 19.1. The Morgan fingerprint density at radius 2 is 1.65 bits per heavy atom. The zero-order chi connectivity index (χ0) is 17.2. The van der Waals surface area contributed by atoms with Crippen LogP contribution in [-0.4, -0.2) is 6.67 Å². The molecule has 0 N–H and O–H groups in total. The molecule has 0 radical (unpaired) electrons. The Morgan fingerprint density at radius 3 is 2.17 bits per heavy atom. The number of hydrogen-bond acceptors (Lipinski definition) is 0. The first-order valence-corrected chi connectivity index (χ1v) is 8.12. The number of aryl methyl sites for hydroxylation is 1. The number of allylic oxidation sites excluding steroid dienone is 2. The summed E-state index contributed by atoms with van der Waals surface area (Å²) in [4.78, 5) is 0. The molecule has 2 aromatic rings. The SMILES string of the molecule is CC/C(=C(/C)c1cccc(F)c1)c1ccccc1C.CCCF. The highest BCUT2D eigenvalue weighted by Gasteiger charge is 2.08. The van der Waals surface area contributed by atoms with Crippen LogP contribution in [0.4, 0.5) is 8.78 Å². The van der Waals surface area contributed by atoms with Crippen LogP contribution in [0.25, 0.3) is 11.1 Å². The van der Waals surface area contributed by atoms with Crippen molar-refractivity contribution in [3.63, 3.8) is 0 Å². The Bertz CT molecular complexity index is 640. The lowest BCUT2D eigenvalue weighted by atomic mass is 9.91. The summed E-state index contributed by atoms with van der Waals surface area (Å²) in [6.45, 7) is 7.95. The van der Waals surface area contributed by atoms with E-state index < -0.39 is 0 Å². The number of hydrogen-bond donors (Lipinski definition) is 0. The standard InChI is InChI=1S/C18H19F.C3H7F/c1-4-17(18-11-6-5-8-13(18)2)14(3)15-9-7-10-16(19)12-15;1-2-3-4/h5-12H,4H2,1-3H3;2-3H2,1H3/b17-14+;. The van der Waals surface area contributed by atoms with Crippen molar-refractivity contribution >= 4 is 11.1 Å². The fourth-order valence-electron chi connectivity index (χ4n) is 2.47. The lowest BCUT2D eigenvalue weighted by Gasteiger charge is -2.14. The van der Waals surface area contributed by atoms with Gasteiger partial charge in [-0.25, -0.2) is 4.39 Å². The average molecular weight is 316 g/mol. The van der Waals surface area contributed by atoms with Crippen molar-refractivity contribution in [2.45, 2.75) is 40.5 Å². The minimum Gasteiger partial charge on any atom is -0.251 e. The summed E-state index contributed by atoms with van der Waals surface area (Å²) in [5.41, 5.74) is 5.90. The number of halogens is 2. The first-order chi connectivity index (χ1) is 11.0. The van der Waals surface area contributed by atoms with Gasteiger partial charge in [-0.2, -0.15) is 0 Å². The summed E-state index contributed by atoms with van der Waals surface area (Å²) >= 11 is 0. The van der Waals surface area contributed by atoms with Crippen LogP contribution in [0.2, 0.25) is 0 Å². The fraction of sp³-hybridized carbons (Fsp3) is 0.333. The van der Waals surface area contributed by atoms with Gasteiger partial charge in [0.15, 0.2) is 0 Å². The zero-order valence-electron chi connectivity index (χ0n) is 14.5. The van der Waals surface area contributed by atoms with E-state index in [2.05, 4.69) is 39.0 Å². The molecule has 23 heavy (non-hydrogen) atoms. The summed E-state index contributed by atoms with van der Waals surface area (Å²) in [5.74, 6) is -0.183. The number of rotatable bonds is 4. The molecule has 0 aliphatic rings. The van der Waals surface area contributed by atoms with Crippen molar-refractivity contribution in [3.8, 4) is 0 Å². The van der Waals surface area contributed by atoms with Crippen LogP contribution in [0, 0.1) is 12.7 Å². The van der Waals surface area contributed by atoms with E-state index in [1.54, 1.807) is 19.1 Å². The maximum absolute atomic E-state index is 13.4. The van der Waals surface area contributed by atoms with Gasteiger partial charge in [0.1, 0.15) is 5.82 Å². The third-order valence-electron chi connectivity index (χ3n) is 3.72. The van der Waals surface area contributed by atoms with Gasteiger partial charge >= 0.3 is 0 Å². The van der Waals surface area contributed by atoms with Crippen LogP contribution < -0.4 is 0 Å². The fourth-order valence-corrected chi connectivity index (χ4v) is 2.47. The molecule has 2 rings (SSSR count). The van der Waals surface area contributed by atoms with Gasteiger partial charge in [-0.05, 0) is 66.7 Å². The van der Waals surface area contributed by atoms with Gasteiger partial charge in [-0.15, -0.1) is 0 Å². The van der Waals surface area contributed by atoms with E-state index in [0.717, 1.165) is 17.6 Å². The van der Waals surface area contributed by atoms with Gasteiger partial charge in [0, 0.05) is 0 Å². The maximum Gasteiger partial charge on any atom is 0.123 e. The Labute approximate surface area is 138 Å². The molecule has 0 aromatic heterocycles. The van der Waals surface area contributed by atoms with Crippen LogP contribution in [0.1, 0.15) is 50.3 Å². The van der Waals surface area contributed by atoms with Crippen LogP contribution >= 0.6 is 0 Å². The summed E-state index contributed by atoms with van der Waals surface area (Å²) in [5, 5.41) is 0. The quantitative estimate of drug-likeness (QED) is 0.542. The van der Waals surface area contributed by atoms with Gasteiger partial charge in [0.2, 0.25) is 0 Å². The molecular weight excluding hydrogens is 290 g/mol. The van der Waals surface area contributed by atoms with Crippen LogP contribution in [0.3, 0.4) is 0 Å². The molecule has 0 spiro atoms. The van der Waals surface area contributed by atoms with Crippen molar-refractivity contribution < 1.29 is 8.78 Å². The van der Waals surface area contributed by atoms with Gasteiger partial charge in [-0.3, -0.25) is 4.39 Å². The molecule has 2 heteroatoms. The molecule has 0 amide bonds. The van der Waals surface area contributed by atoms with Crippen LogP contribution in [0.5, 0.6) is 0 Å². The topological polar surface area (TPSA) is 0 Å². The third-order valence-corrected chi connectivity index (χ3v) is 3.72. The average Bonchev–Trinajstić information content (AvgIpc) is 2.57. The Kier molecular flexibility index (Phi) is 8.25. The first kappa shape index (κ1) is 19.1. The lowest BCUT2D eigenvalue weighted by molar-refractivity contribution is 0.487. The van der Waals surface area contributed by atoms with E-state index in [4.69, 9.17) is 0 Å². The molecular formula is C21H26F2. The second-order valence-corrected chi connectivity index (χ2v) is 5.47. The summed E-state index contributed by atoms with van der Waals surface area (Å²) in [6, 6.07) is 15.2. The van der Waals surface area contributed by atoms with Crippen molar-refractivity contribution in [1.82, 2.24) is 0 Å². The van der Waals surface area contributed by atoms with E-state index in [0.29, 0.717) is 6.42 Å². The predicted molar refractivity (Wildman–Crippen MR) is 96.6 cm³/mol. The molecule has 0 nitrogen and oxygen atoms in total. The molecule has 0 atom stereocenters. The van der Waals surface area contributed by atoms with E-state index in [1.165, 1.54) is 22.8 Å². The highest BCUT2D eigenvalue weighted by molar-refractivity contribution is 5.90. The zero-order valence-corrected chi connectivity index (χ0v) is 14.5. The van der Waals surface area contributed by atoms with E-state index in [9.17, 15) is 8.78 Å². The summed E-state index contributed by atoms with van der Waals surface area (Å²) < 4.78 is 24.1. The monoisotopic (exact) mass is 316 g/mol. The lowest BCUT2D eigenvalue weighted by Crippen LogP contribution is -1.92. The molecule has 124 valence electrons. The van der Waals surface area contributed by atoms with Crippen molar-refractivity contribution in [3.05, 3.63) is 71.0 Å². The Hall–Kier alpha value is -1.96. The predicted octanol–water partition coefficient (Wildman–Crippen LogP) is 6.84. The maximum atomic E-state index is 13.4. The number of alkyl halides is 1. The summed E-state index contributed by atoms with van der Waals surface area (Å²) in [6.07, 6.45) is 1.59. The van der Waals surface area contributed by atoms with E-state index >= 15 is 0 Å². The minimum absolute atomic E-state index is 0.181. The molecule has 0 heterocycles. The molecule has 0 fully saturated rings. The Balaban J connectivity index is 0.000000593. The normalized spacial score (nSPS) is 11.4. The van der Waals surface area contributed by atoms with E-state index in [1.807, 2.05) is 12.1 Å². The van der Waals surface area contributed by atoms with Crippen LogP contribution in [-0.2, 0) is 0 Å². The third kappa shape index (κ3) is 5.63. The Morgan fingerprint density at radius 1 is 1.00 bits per heavy atom. The molecule has 0 unspecified atom stereocenters. The highest BCUT2D eigenvalue weighted by Crippen LogP contribution is 2.30. The van der Waals surface area contributed by atoms with Gasteiger partial charge < -0.3 is 0 Å². The second kappa shape index (κ2) is 9.94. The van der Waals surface area contributed by atoms with Crippen molar-refractivity contribution in [1.29, 1.82) is 0 Å². The number of benzene rings is 2. The van der Waals surface area contributed by atoms with Crippen LogP contribution in [0.15, 0.2) is 48.5 Å². The second-order valence-electron chi connectivity index (χ2n) is 5.47. The van der Waals surface area contributed by atoms with Crippen molar-refractivity contribution in [2.24, 2.45) is 0 Å². The summed E-state index contributed by atoms with van der Waals surface area (Å²) in [7, 11) is 0. The van der Waals surface area contributed by atoms with Crippen molar-refractivity contribution in [2.75, 3.05) is 6.67 Å².